The van der Waals surface area contributed by atoms with Gasteiger partial charge in [-0.2, -0.15) is 0 Å². The molecule has 6 nitrogen and oxygen atoms in total. The Kier molecular flexibility index (Phi) is 4.41. The second kappa shape index (κ2) is 5.42. The Bertz CT molecular complexity index is 530. The lowest BCUT2D eigenvalue weighted by Crippen LogP contribution is -2.10. The number of halogens is 1. The van der Waals surface area contributed by atoms with Gasteiger partial charge in [0, 0.05) is 11.8 Å². The monoisotopic (exact) mass is 278 g/mol. The van der Waals surface area contributed by atoms with Crippen LogP contribution >= 0.6 is 11.6 Å². The summed E-state index contributed by atoms with van der Waals surface area (Å²) in [5.41, 5.74) is -0.364. The van der Waals surface area contributed by atoms with E-state index in [-0.39, 0.29) is 22.2 Å². The first-order chi connectivity index (χ1) is 7.87. The highest BCUT2D eigenvalue weighted by atomic mass is 35.5. The minimum absolute atomic E-state index is 0.00983. The fraction of sp³-hybridized carbons (Fsp3) is 0.444. The maximum Gasteiger partial charge on any atom is 0.310 e. The first kappa shape index (κ1) is 13.9. The van der Waals surface area contributed by atoms with Crippen molar-refractivity contribution >= 4 is 27.1 Å². The molecule has 0 spiro atoms. The molecule has 0 N–H and O–H groups in total. The molecular weight excluding hydrogens is 268 g/mol. The summed E-state index contributed by atoms with van der Waals surface area (Å²) < 4.78 is 23.2. The molecule has 17 heavy (non-hydrogen) atoms. The Hall–Kier alpha value is -1.21. The van der Waals surface area contributed by atoms with Gasteiger partial charge in [-0.1, -0.05) is 18.5 Å². The van der Waals surface area contributed by atoms with Crippen LogP contribution in [0.3, 0.4) is 0 Å². The van der Waals surface area contributed by atoms with Crippen molar-refractivity contribution in [2.24, 2.45) is 0 Å². The largest absolute Gasteiger partial charge is 0.310 e. The molecule has 0 saturated carbocycles. The molecule has 0 unspecified atom stereocenters. The van der Waals surface area contributed by atoms with Crippen LogP contribution in [0.5, 0.6) is 0 Å². The third kappa shape index (κ3) is 3.64. The number of nitrogens with zero attached hydrogens (tertiary/aromatic N) is 2. The van der Waals surface area contributed by atoms with Crippen molar-refractivity contribution < 1.29 is 13.3 Å². The average Bonchev–Trinajstić information content (AvgIpc) is 2.15. The lowest BCUT2D eigenvalue weighted by atomic mass is 10.2. The van der Waals surface area contributed by atoms with Gasteiger partial charge in [-0.3, -0.25) is 10.1 Å². The number of sulfone groups is 1. The number of hydrogen-bond acceptors (Lipinski definition) is 5. The summed E-state index contributed by atoms with van der Waals surface area (Å²) in [6.45, 7) is 1.73. The third-order valence-corrected chi connectivity index (χ3v) is 4.09. The zero-order chi connectivity index (χ0) is 13.1. The van der Waals surface area contributed by atoms with Gasteiger partial charge in [-0.05, 0) is 12.5 Å². The third-order valence-electron chi connectivity index (χ3n) is 2.04. The summed E-state index contributed by atoms with van der Waals surface area (Å²) in [4.78, 5) is 13.6. The maximum absolute atomic E-state index is 11.6. The number of nitro groups is 1. The SMILES string of the molecule is CCCS(=O)(=O)Cc1ccnc(Cl)c1[N+](=O)[O-]. The van der Waals surface area contributed by atoms with Crippen LogP contribution < -0.4 is 0 Å². The number of aromatic nitrogens is 1. The molecule has 0 aromatic carbocycles. The standard InChI is InChI=1S/C9H11ClN2O4S/c1-2-5-17(15,16)6-7-3-4-11-9(10)8(7)12(13)14/h3-4H,2,5-6H2,1H3. The van der Waals surface area contributed by atoms with Crippen molar-refractivity contribution in [2.75, 3.05) is 5.75 Å². The topological polar surface area (TPSA) is 90.2 Å². The van der Waals surface area contributed by atoms with Crippen LogP contribution in [0.25, 0.3) is 0 Å². The molecule has 94 valence electrons. The summed E-state index contributed by atoms with van der Waals surface area (Å²) in [6.07, 6.45) is 1.72. The van der Waals surface area contributed by atoms with E-state index in [2.05, 4.69) is 4.98 Å². The van der Waals surface area contributed by atoms with E-state index >= 15 is 0 Å². The predicted molar refractivity (Wildman–Crippen MR) is 63.7 cm³/mol. The molecule has 0 amide bonds. The molecule has 1 rings (SSSR count). The highest BCUT2D eigenvalue weighted by molar-refractivity contribution is 7.90. The fourth-order valence-corrected chi connectivity index (χ4v) is 3.11. The molecule has 0 aliphatic rings. The molecule has 1 heterocycles. The Morgan fingerprint density at radius 2 is 2.18 bits per heavy atom. The quantitative estimate of drug-likeness (QED) is 0.466. The van der Waals surface area contributed by atoms with E-state index in [4.69, 9.17) is 11.6 Å². The Labute approximate surface area is 104 Å². The van der Waals surface area contributed by atoms with Crippen molar-refractivity contribution in [2.45, 2.75) is 19.1 Å². The van der Waals surface area contributed by atoms with Crippen LogP contribution in [0.1, 0.15) is 18.9 Å². The van der Waals surface area contributed by atoms with E-state index in [0.717, 1.165) is 0 Å². The van der Waals surface area contributed by atoms with Gasteiger partial charge in [0.05, 0.1) is 16.4 Å². The minimum atomic E-state index is -3.35. The van der Waals surface area contributed by atoms with Crippen LogP contribution in [0.4, 0.5) is 5.69 Å². The molecule has 0 saturated heterocycles. The molecule has 8 heteroatoms. The fourth-order valence-electron chi connectivity index (χ4n) is 1.39. The number of rotatable bonds is 5. The summed E-state index contributed by atoms with van der Waals surface area (Å²) in [5, 5.41) is 10.5. The zero-order valence-corrected chi connectivity index (χ0v) is 10.7. The summed E-state index contributed by atoms with van der Waals surface area (Å²) >= 11 is 5.58. The molecule has 0 aliphatic carbocycles. The van der Waals surface area contributed by atoms with Crippen molar-refractivity contribution in [3.63, 3.8) is 0 Å². The highest BCUT2D eigenvalue weighted by Crippen LogP contribution is 2.27. The van der Waals surface area contributed by atoms with E-state index < -0.39 is 20.4 Å². The number of pyridine rings is 1. The molecule has 1 aromatic heterocycles. The lowest BCUT2D eigenvalue weighted by molar-refractivity contribution is -0.385. The maximum atomic E-state index is 11.6. The van der Waals surface area contributed by atoms with E-state index in [1.54, 1.807) is 6.92 Å². The van der Waals surface area contributed by atoms with Crippen LogP contribution in [0, 0.1) is 10.1 Å². The van der Waals surface area contributed by atoms with Crippen molar-refractivity contribution in [1.82, 2.24) is 4.98 Å². The lowest BCUT2D eigenvalue weighted by Gasteiger charge is -2.04. The molecular formula is C9H11ClN2O4S. The van der Waals surface area contributed by atoms with Gasteiger partial charge in [0.1, 0.15) is 0 Å². The predicted octanol–water partition coefficient (Wildman–Crippen LogP) is 1.97. The summed E-state index contributed by atoms with van der Waals surface area (Å²) in [7, 11) is -3.35. The summed E-state index contributed by atoms with van der Waals surface area (Å²) in [6, 6.07) is 1.30. The van der Waals surface area contributed by atoms with Crippen molar-refractivity contribution in [1.29, 1.82) is 0 Å². The second-order valence-electron chi connectivity index (χ2n) is 3.46. The van der Waals surface area contributed by atoms with Gasteiger partial charge in [0.15, 0.2) is 9.84 Å². The van der Waals surface area contributed by atoms with E-state index in [9.17, 15) is 18.5 Å². The summed E-state index contributed by atoms with van der Waals surface area (Å²) in [5.74, 6) is -0.399. The van der Waals surface area contributed by atoms with Crippen LogP contribution in [-0.2, 0) is 15.6 Å². The van der Waals surface area contributed by atoms with Crippen LogP contribution in [0.15, 0.2) is 12.3 Å². The van der Waals surface area contributed by atoms with E-state index in [1.807, 2.05) is 0 Å². The molecule has 0 radical (unpaired) electrons. The van der Waals surface area contributed by atoms with Gasteiger partial charge in [-0.25, -0.2) is 13.4 Å². The minimum Gasteiger partial charge on any atom is -0.258 e. The average molecular weight is 279 g/mol. The first-order valence-electron chi connectivity index (χ1n) is 4.85. The van der Waals surface area contributed by atoms with E-state index in [1.165, 1.54) is 12.3 Å². The Morgan fingerprint density at radius 1 is 1.53 bits per heavy atom. The van der Waals surface area contributed by atoms with Gasteiger partial charge < -0.3 is 0 Å². The molecule has 0 atom stereocenters. The first-order valence-corrected chi connectivity index (χ1v) is 7.05. The highest BCUT2D eigenvalue weighted by Gasteiger charge is 2.23. The van der Waals surface area contributed by atoms with E-state index in [0.29, 0.717) is 6.42 Å². The molecule has 0 aliphatic heterocycles. The van der Waals surface area contributed by atoms with Gasteiger partial charge in [0.2, 0.25) is 5.15 Å². The van der Waals surface area contributed by atoms with Crippen LogP contribution in [-0.4, -0.2) is 24.1 Å². The van der Waals surface area contributed by atoms with Crippen molar-refractivity contribution in [3.8, 4) is 0 Å². The Morgan fingerprint density at radius 3 is 2.71 bits per heavy atom. The smallest absolute Gasteiger partial charge is 0.258 e. The van der Waals surface area contributed by atoms with Gasteiger partial charge in [0.25, 0.3) is 0 Å². The number of hydrogen-bond donors (Lipinski definition) is 0. The van der Waals surface area contributed by atoms with Crippen LogP contribution in [0.2, 0.25) is 5.15 Å². The van der Waals surface area contributed by atoms with Gasteiger partial charge in [-0.15, -0.1) is 0 Å². The Balaban J connectivity index is 3.16. The zero-order valence-electron chi connectivity index (χ0n) is 9.09. The molecule has 0 bridgehead atoms. The normalized spacial score (nSPS) is 11.4. The molecule has 1 aromatic rings. The van der Waals surface area contributed by atoms with Gasteiger partial charge >= 0.3 is 5.69 Å². The van der Waals surface area contributed by atoms with Crippen molar-refractivity contribution in [3.05, 3.63) is 33.1 Å². The molecule has 0 fully saturated rings. The second-order valence-corrected chi connectivity index (χ2v) is 6.00.